The molecule has 1 aromatic carbocycles. The third-order valence-corrected chi connectivity index (χ3v) is 2.74. The molecular weight excluding hydrogens is 186 g/mol. The van der Waals surface area contributed by atoms with Gasteiger partial charge >= 0.3 is 0 Å². The highest BCUT2D eigenvalue weighted by Gasteiger charge is 2.23. The Hall–Kier alpha value is -1.02. The second-order valence-electron chi connectivity index (χ2n) is 4.28. The topological polar surface area (TPSA) is 35.2 Å². The van der Waals surface area contributed by atoms with Crippen LogP contribution in [0, 0.1) is 0 Å². The molecule has 1 atom stereocenters. The number of benzene rings is 1. The van der Waals surface area contributed by atoms with E-state index in [2.05, 4.69) is 19.1 Å². The van der Waals surface area contributed by atoms with E-state index in [0.29, 0.717) is 6.10 Å². The van der Waals surface area contributed by atoms with E-state index in [0.717, 1.165) is 18.6 Å². The zero-order valence-corrected chi connectivity index (χ0v) is 9.28. The summed E-state index contributed by atoms with van der Waals surface area (Å²) in [6, 6.07) is 8.40. The number of hydrogen-bond donors (Lipinski definition) is 1. The summed E-state index contributed by atoms with van der Waals surface area (Å²) in [7, 11) is 0. The minimum Gasteiger partial charge on any atom is -0.490 e. The van der Waals surface area contributed by atoms with Gasteiger partial charge in [-0.25, -0.2) is 0 Å². The van der Waals surface area contributed by atoms with Crippen molar-refractivity contribution in [1.82, 2.24) is 0 Å². The average molecular weight is 205 g/mol. The predicted molar refractivity (Wildman–Crippen MR) is 61.9 cm³/mol. The van der Waals surface area contributed by atoms with Gasteiger partial charge in [-0.15, -0.1) is 0 Å². The molecule has 0 aromatic heterocycles. The number of ether oxygens (including phenoxy) is 1. The van der Waals surface area contributed by atoms with Crippen molar-refractivity contribution in [2.75, 3.05) is 0 Å². The monoisotopic (exact) mass is 205 g/mol. The molecule has 0 aliphatic heterocycles. The maximum Gasteiger partial charge on any atom is 0.119 e. The van der Waals surface area contributed by atoms with Gasteiger partial charge in [-0.2, -0.15) is 0 Å². The lowest BCUT2D eigenvalue weighted by atomic mass is 10.0. The van der Waals surface area contributed by atoms with Crippen LogP contribution in [0.3, 0.4) is 0 Å². The largest absolute Gasteiger partial charge is 0.490 e. The molecule has 0 spiro atoms. The van der Waals surface area contributed by atoms with Gasteiger partial charge in [0, 0.05) is 6.04 Å². The van der Waals surface area contributed by atoms with Gasteiger partial charge in [-0.1, -0.05) is 25.5 Å². The summed E-state index contributed by atoms with van der Waals surface area (Å²) in [5.74, 6) is 0.977. The molecule has 0 amide bonds. The molecule has 15 heavy (non-hydrogen) atoms. The Morgan fingerprint density at radius 2 is 2.00 bits per heavy atom. The predicted octanol–water partition coefficient (Wildman–Crippen LogP) is 3.03. The molecular formula is C13H19NO. The van der Waals surface area contributed by atoms with Crippen molar-refractivity contribution in [1.29, 1.82) is 0 Å². The van der Waals surface area contributed by atoms with Crippen molar-refractivity contribution in [3.8, 4) is 5.75 Å². The van der Waals surface area contributed by atoms with Gasteiger partial charge in [0.15, 0.2) is 0 Å². The van der Waals surface area contributed by atoms with Gasteiger partial charge in [0.1, 0.15) is 5.75 Å². The van der Waals surface area contributed by atoms with E-state index in [1.165, 1.54) is 18.4 Å². The van der Waals surface area contributed by atoms with Gasteiger partial charge in [0.2, 0.25) is 0 Å². The van der Waals surface area contributed by atoms with E-state index in [1.54, 1.807) is 0 Å². The van der Waals surface area contributed by atoms with Crippen molar-refractivity contribution in [3.05, 3.63) is 29.8 Å². The van der Waals surface area contributed by atoms with Crippen LogP contribution in [0.2, 0.25) is 0 Å². The highest BCUT2D eigenvalue weighted by atomic mass is 16.5. The second-order valence-corrected chi connectivity index (χ2v) is 4.28. The Morgan fingerprint density at radius 3 is 2.53 bits per heavy atom. The lowest BCUT2D eigenvalue weighted by Crippen LogP contribution is -2.09. The van der Waals surface area contributed by atoms with Crippen LogP contribution in [0.15, 0.2) is 24.3 Å². The van der Waals surface area contributed by atoms with Gasteiger partial charge < -0.3 is 10.5 Å². The summed E-state index contributed by atoms with van der Waals surface area (Å²) in [6.45, 7) is 2.16. The van der Waals surface area contributed by atoms with Crippen LogP contribution < -0.4 is 10.5 Å². The third-order valence-electron chi connectivity index (χ3n) is 2.74. The molecule has 82 valence electrons. The molecule has 1 unspecified atom stereocenters. The van der Waals surface area contributed by atoms with Gasteiger partial charge in [-0.3, -0.25) is 0 Å². The van der Waals surface area contributed by atoms with E-state index in [4.69, 9.17) is 10.5 Å². The van der Waals surface area contributed by atoms with E-state index < -0.39 is 0 Å². The zero-order chi connectivity index (χ0) is 10.7. The van der Waals surface area contributed by atoms with E-state index in [1.807, 2.05) is 12.1 Å². The van der Waals surface area contributed by atoms with Crippen LogP contribution in [0.1, 0.15) is 44.2 Å². The van der Waals surface area contributed by atoms with E-state index in [9.17, 15) is 0 Å². The van der Waals surface area contributed by atoms with Crippen LogP contribution in [0.4, 0.5) is 0 Å². The molecule has 1 aliphatic carbocycles. The van der Waals surface area contributed by atoms with Crippen LogP contribution in [-0.2, 0) is 0 Å². The SMILES string of the molecule is CCCC(N)c1ccc(OC2CC2)cc1. The summed E-state index contributed by atoms with van der Waals surface area (Å²) in [5.41, 5.74) is 7.24. The van der Waals surface area contributed by atoms with Crippen molar-refractivity contribution < 1.29 is 4.74 Å². The third kappa shape index (κ3) is 2.96. The molecule has 0 radical (unpaired) electrons. The fraction of sp³-hybridized carbons (Fsp3) is 0.538. The summed E-state index contributed by atoms with van der Waals surface area (Å²) < 4.78 is 5.68. The van der Waals surface area contributed by atoms with Gasteiger partial charge in [-0.05, 0) is 37.0 Å². The van der Waals surface area contributed by atoms with Crippen LogP contribution >= 0.6 is 0 Å². The number of nitrogens with two attached hydrogens (primary N) is 1. The van der Waals surface area contributed by atoms with Crippen molar-refractivity contribution in [2.45, 2.75) is 44.8 Å². The molecule has 2 heteroatoms. The second kappa shape index (κ2) is 4.67. The summed E-state index contributed by atoms with van der Waals surface area (Å²) in [4.78, 5) is 0. The highest BCUT2D eigenvalue weighted by molar-refractivity contribution is 5.29. The van der Waals surface area contributed by atoms with Crippen LogP contribution in [0.25, 0.3) is 0 Å². The molecule has 2 rings (SSSR count). The smallest absolute Gasteiger partial charge is 0.119 e. The minimum atomic E-state index is 0.171. The number of hydrogen-bond acceptors (Lipinski definition) is 2. The number of rotatable bonds is 5. The zero-order valence-electron chi connectivity index (χ0n) is 9.28. The lowest BCUT2D eigenvalue weighted by Gasteiger charge is -2.11. The quantitative estimate of drug-likeness (QED) is 0.802. The summed E-state index contributed by atoms with van der Waals surface area (Å²) in [6.07, 6.45) is 5.05. The fourth-order valence-corrected chi connectivity index (χ4v) is 1.65. The maximum absolute atomic E-state index is 6.03. The molecule has 0 bridgehead atoms. The highest BCUT2D eigenvalue weighted by Crippen LogP contribution is 2.27. The Morgan fingerprint density at radius 1 is 1.33 bits per heavy atom. The molecule has 1 aliphatic rings. The lowest BCUT2D eigenvalue weighted by molar-refractivity contribution is 0.303. The van der Waals surface area contributed by atoms with Crippen molar-refractivity contribution in [2.24, 2.45) is 5.73 Å². The average Bonchev–Trinajstić information content (AvgIpc) is 3.03. The molecule has 2 nitrogen and oxygen atoms in total. The first-order valence-electron chi connectivity index (χ1n) is 5.82. The van der Waals surface area contributed by atoms with E-state index >= 15 is 0 Å². The standard InChI is InChI=1S/C13H19NO/c1-2-3-13(14)10-4-6-11(7-5-10)15-12-8-9-12/h4-7,12-13H,2-3,8-9,14H2,1H3. The van der Waals surface area contributed by atoms with Gasteiger partial charge in [0.05, 0.1) is 6.10 Å². The molecule has 1 fully saturated rings. The normalized spacial score (nSPS) is 17.5. The van der Waals surface area contributed by atoms with E-state index in [-0.39, 0.29) is 6.04 Å². The fourth-order valence-electron chi connectivity index (χ4n) is 1.65. The molecule has 1 aromatic rings. The minimum absolute atomic E-state index is 0.171. The van der Waals surface area contributed by atoms with Crippen molar-refractivity contribution >= 4 is 0 Å². The Bertz CT molecular complexity index is 303. The Balaban J connectivity index is 1.95. The van der Waals surface area contributed by atoms with Crippen molar-refractivity contribution in [3.63, 3.8) is 0 Å². The summed E-state index contributed by atoms with van der Waals surface area (Å²) in [5, 5.41) is 0. The van der Waals surface area contributed by atoms with Crippen LogP contribution in [-0.4, -0.2) is 6.10 Å². The van der Waals surface area contributed by atoms with Gasteiger partial charge in [0.25, 0.3) is 0 Å². The first kappa shape index (κ1) is 10.5. The Kier molecular flexibility index (Phi) is 3.27. The summed E-state index contributed by atoms with van der Waals surface area (Å²) >= 11 is 0. The molecule has 2 N–H and O–H groups in total. The molecule has 0 saturated heterocycles. The first-order valence-corrected chi connectivity index (χ1v) is 5.82. The molecule has 1 saturated carbocycles. The van der Waals surface area contributed by atoms with Crippen LogP contribution in [0.5, 0.6) is 5.75 Å². The molecule has 0 heterocycles. The first-order chi connectivity index (χ1) is 7.29. The maximum atomic E-state index is 6.03. The Labute approximate surface area is 91.4 Å².